The number of carbonyl (C=O) groups excluding carboxylic acids is 1. The first-order chi connectivity index (χ1) is 11.6. The summed E-state index contributed by atoms with van der Waals surface area (Å²) < 4.78 is 0. The predicted octanol–water partition coefficient (Wildman–Crippen LogP) is 5.08. The van der Waals surface area contributed by atoms with Crippen LogP contribution in [0.2, 0.25) is 10.0 Å². The quantitative estimate of drug-likeness (QED) is 0.711. The van der Waals surface area contributed by atoms with Crippen LogP contribution >= 0.6 is 23.2 Å². The van der Waals surface area contributed by atoms with Crippen molar-refractivity contribution in [1.29, 1.82) is 0 Å². The van der Waals surface area contributed by atoms with E-state index in [0.29, 0.717) is 21.6 Å². The van der Waals surface area contributed by atoms with Gasteiger partial charge in [0.05, 0.1) is 15.7 Å². The van der Waals surface area contributed by atoms with Crippen molar-refractivity contribution >= 4 is 34.9 Å². The number of hydrogen-bond donors (Lipinski definition) is 1. The number of aromatic nitrogens is 2. The lowest BCUT2D eigenvalue weighted by Crippen LogP contribution is -2.07. The lowest BCUT2D eigenvalue weighted by atomic mass is 10.00. The molecule has 0 radical (unpaired) electrons. The minimum Gasteiger partial charge on any atom is -0.311 e. The van der Waals surface area contributed by atoms with Gasteiger partial charge in [-0.1, -0.05) is 41.4 Å². The molecule has 0 bridgehead atoms. The van der Waals surface area contributed by atoms with Gasteiger partial charge in [-0.15, -0.1) is 0 Å². The van der Waals surface area contributed by atoms with Crippen LogP contribution in [0.15, 0.2) is 54.9 Å². The summed E-state index contributed by atoms with van der Waals surface area (Å²) >= 11 is 12.5. The first kappa shape index (κ1) is 16.4. The number of benzene rings is 1. The Morgan fingerprint density at radius 2 is 1.79 bits per heavy atom. The van der Waals surface area contributed by atoms with E-state index < -0.39 is 0 Å². The average Bonchev–Trinajstić information content (AvgIpc) is 2.57. The highest BCUT2D eigenvalue weighted by molar-refractivity contribution is 6.43. The zero-order valence-electron chi connectivity index (χ0n) is 12.8. The van der Waals surface area contributed by atoms with Crippen molar-refractivity contribution in [2.24, 2.45) is 0 Å². The first-order valence-corrected chi connectivity index (χ1v) is 7.95. The van der Waals surface area contributed by atoms with Crippen molar-refractivity contribution in [3.8, 4) is 22.4 Å². The molecule has 0 saturated heterocycles. The molecular weight excluding hydrogens is 345 g/mol. The molecule has 6 heteroatoms. The third-order valence-electron chi connectivity index (χ3n) is 3.39. The third kappa shape index (κ3) is 3.40. The third-order valence-corrected chi connectivity index (χ3v) is 4.21. The highest BCUT2D eigenvalue weighted by Crippen LogP contribution is 2.37. The Hall–Kier alpha value is -2.43. The Kier molecular flexibility index (Phi) is 4.79. The van der Waals surface area contributed by atoms with Gasteiger partial charge >= 0.3 is 0 Å². The standard InChI is InChI=1S/C18H13Cl2N3O/c1-11(24)23-16-10-12(7-9-21-16)13-5-3-8-22-18(13)14-4-2-6-15(19)17(14)20/h2-10H,1H3,(H,21,23,24). The number of carbonyl (C=O) groups is 1. The van der Waals surface area contributed by atoms with Gasteiger partial charge < -0.3 is 5.32 Å². The fourth-order valence-corrected chi connectivity index (χ4v) is 2.78. The van der Waals surface area contributed by atoms with Gasteiger partial charge in [-0.05, 0) is 29.8 Å². The molecule has 0 saturated carbocycles. The van der Waals surface area contributed by atoms with Crippen LogP contribution in [0.1, 0.15) is 6.92 Å². The number of halogens is 2. The molecule has 3 aromatic rings. The van der Waals surface area contributed by atoms with Gasteiger partial charge in [0.1, 0.15) is 5.82 Å². The summed E-state index contributed by atoms with van der Waals surface area (Å²) in [5.41, 5.74) is 3.20. The summed E-state index contributed by atoms with van der Waals surface area (Å²) in [4.78, 5) is 19.8. The van der Waals surface area contributed by atoms with Crippen LogP contribution in [0.4, 0.5) is 5.82 Å². The van der Waals surface area contributed by atoms with E-state index in [0.717, 1.165) is 16.7 Å². The maximum Gasteiger partial charge on any atom is 0.222 e. The first-order valence-electron chi connectivity index (χ1n) is 7.19. The fraction of sp³-hybridized carbons (Fsp3) is 0.0556. The predicted molar refractivity (Wildman–Crippen MR) is 97.2 cm³/mol. The lowest BCUT2D eigenvalue weighted by Gasteiger charge is -2.12. The Morgan fingerprint density at radius 3 is 2.58 bits per heavy atom. The topological polar surface area (TPSA) is 54.9 Å². The number of rotatable bonds is 3. The summed E-state index contributed by atoms with van der Waals surface area (Å²) in [6.07, 6.45) is 3.34. The SMILES string of the molecule is CC(=O)Nc1cc(-c2cccnc2-c2cccc(Cl)c2Cl)ccn1. The molecule has 2 aromatic heterocycles. The van der Waals surface area contributed by atoms with Crippen LogP contribution in [0.25, 0.3) is 22.4 Å². The molecular formula is C18H13Cl2N3O. The smallest absolute Gasteiger partial charge is 0.222 e. The van der Waals surface area contributed by atoms with Crippen molar-refractivity contribution in [2.75, 3.05) is 5.32 Å². The number of nitrogens with one attached hydrogen (secondary N) is 1. The van der Waals surface area contributed by atoms with E-state index in [9.17, 15) is 4.79 Å². The van der Waals surface area contributed by atoms with Crippen LogP contribution in [-0.2, 0) is 4.79 Å². The van der Waals surface area contributed by atoms with Crippen molar-refractivity contribution in [1.82, 2.24) is 9.97 Å². The van der Waals surface area contributed by atoms with E-state index in [1.165, 1.54) is 6.92 Å². The average molecular weight is 358 g/mol. The van der Waals surface area contributed by atoms with Crippen molar-refractivity contribution in [2.45, 2.75) is 6.92 Å². The second-order valence-electron chi connectivity index (χ2n) is 5.11. The molecule has 0 aliphatic heterocycles. The zero-order chi connectivity index (χ0) is 17.1. The van der Waals surface area contributed by atoms with E-state index in [4.69, 9.17) is 23.2 Å². The second kappa shape index (κ2) is 6.99. The van der Waals surface area contributed by atoms with E-state index in [1.54, 1.807) is 24.5 Å². The Labute approximate surface area is 149 Å². The van der Waals surface area contributed by atoms with Crippen LogP contribution in [0, 0.1) is 0 Å². The summed E-state index contributed by atoms with van der Waals surface area (Å²) in [5.74, 6) is 0.302. The summed E-state index contributed by atoms with van der Waals surface area (Å²) in [7, 11) is 0. The number of pyridine rings is 2. The minimum absolute atomic E-state index is 0.177. The van der Waals surface area contributed by atoms with Crippen LogP contribution in [0.5, 0.6) is 0 Å². The van der Waals surface area contributed by atoms with E-state index in [-0.39, 0.29) is 5.91 Å². The lowest BCUT2D eigenvalue weighted by molar-refractivity contribution is -0.114. The van der Waals surface area contributed by atoms with Gasteiger partial charge in [-0.3, -0.25) is 9.78 Å². The maximum atomic E-state index is 11.2. The Bertz CT molecular complexity index is 912. The Balaban J connectivity index is 2.14. The molecule has 4 nitrogen and oxygen atoms in total. The van der Waals surface area contributed by atoms with Crippen molar-refractivity contribution in [3.63, 3.8) is 0 Å². The van der Waals surface area contributed by atoms with Gasteiger partial charge in [0, 0.05) is 30.4 Å². The largest absolute Gasteiger partial charge is 0.311 e. The second-order valence-corrected chi connectivity index (χ2v) is 5.90. The molecule has 0 aliphatic carbocycles. The molecule has 1 N–H and O–H groups in total. The van der Waals surface area contributed by atoms with Crippen LogP contribution < -0.4 is 5.32 Å². The van der Waals surface area contributed by atoms with Crippen molar-refractivity contribution in [3.05, 3.63) is 64.9 Å². The molecule has 0 aliphatic rings. The molecule has 0 unspecified atom stereocenters. The number of anilines is 1. The molecule has 0 atom stereocenters. The summed E-state index contributed by atoms with van der Waals surface area (Å²) in [6, 6.07) is 12.9. The van der Waals surface area contributed by atoms with Crippen LogP contribution in [0.3, 0.4) is 0 Å². The summed E-state index contributed by atoms with van der Waals surface area (Å²) in [6.45, 7) is 1.44. The number of amides is 1. The molecule has 0 fully saturated rings. The van der Waals surface area contributed by atoms with E-state index in [1.807, 2.05) is 30.3 Å². The van der Waals surface area contributed by atoms with Gasteiger partial charge in [0.15, 0.2) is 0 Å². The van der Waals surface area contributed by atoms with Gasteiger partial charge in [0.2, 0.25) is 5.91 Å². The number of nitrogens with zero attached hydrogens (tertiary/aromatic N) is 2. The van der Waals surface area contributed by atoms with Gasteiger partial charge in [-0.2, -0.15) is 0 Å². The molecule has 120 valence electrons. The minimum atomic E-state index is -0.177. The normalized spacial score (nSPS) is 10.5. The Morgan fingerprint density at radius 1 is 1.00 bits per heavy atom. The molecule has 0 spiro atoms. The van der Waals surface area contributed by atoms with Gasteiger partial charge in [0.25, 0.3) is 0 Å². The van der Waals surface area contributed by atoms with E-state index >= 15 is 0 Å². The molecule has 24 heavy (non-hydrogen) atoms. The number of hydrogen-bond acceptors (Lipinski definition) is 3. The molecule has 1 amide bonds. The van der Waals surface area contributed by atoms with Crippen LogP contribution in [-0.4, -0.2) is 15.9 Å². The van der Waals surface area contributed by atoms with Crippen molar-refractivity contribution < 1.29 is 4.79 Å². The van der Waals surface area contributed by atoms with E-state index in [2.05, 4.69) is 15.3 Å². The fourth-order valence-electron chi connectivity index (χ4n) is 2.39. The highest BCUT2D eigenvalue weighted by atomic mass is 35.5. The highest BCUT2D eigenvalue weighted by Gasteiger charge is 2.14. The molecule has 3 rings (SSSR count). The summed E-state index contributed by atoms with van der Waals surface area (Å²) in [5, 5.41) is 3.60. The van der Waals surface area contributed by atoms with Gasteiger partial charge in [-0.25, -0.2) is 4.98 Å². The zero-order valence-corrected chi connectivity index (χ0v) is 14.3. The maximum absolute atomic E-state index is 11.2. The molecule has 2 heterocycles. The molecule has 1 aromatic carbocycles. The monoisotopic (exact) mass is 357 g/mol.